The third-order valence-corrected chi connectivity index (χ3v) is 1.32. The molecule has 0 spiro atoms. The monoisotopic (exact) mass is 178 g/mol. The van der Waals surface area contributed by atoms with Gasteiger partial charge >= 0.3 is 0 Å². The Morgan fingerprint density at radius 1 is 1.54 bits per heavy atom. The van der Waals surface area contributed by atoms with Gasteiger partial charge in [-0.1, -0.05) is 17.3 Å². The number of benzene rings is 1. The molecule has 0 saturated heterocycles. The number of oxime groups is 1. The topological polar surface area (TPSA) is 65.7 Å². The average Bonchev–Trinajstić information content (AvgIpc) is 2.08. The van der Waals surface area contributed by atoms with Crippen molar-refractivity contribution in [1.82, 2.24) is 0 Å². The molecule has 2 N–H and O–H groups in total. The molecule has 68 valence electrons. The second-order valence-corrected chi connectivity index (χ2v) is 2.44. The van der Waals surface area contributed by atoms with Gasteiger partial charge in [0.1, 0.15) is 5.75 Å². The van der Waals surface area contributed by atoms with Gasteiger partial charge in [0.05, 0.1) is 6.21 Å². The van der Waals surface area contributed by atoms with E-state index in [-0.39, 0.29) is 11.6 Å². The van der Waals surface area contributed by atoms with Crippen molar-refractivity contribution < 1.29 is 9.94 Å². The van der Waals surface area contributed by atoms with Gasteiger partial charge < -0.3 is 9.94 Å². The van der Waals surface area contributed by atoms with E-state index in [1.54, 1.807) is 24.3 Å². The quantitative estimate of drug-likeness (QED) is 0.411. The van der Waals surface area contributed by atoms with Gasteiger partial charge in [0.2, 0.25) is 5.90 Å². The number of aromatic hydroxyl groups is 1. The first-order valence-corrected chi connectivity index (χ1v) is 3.73. The molecule has 0 amide bonds. The molecule has 0 atom stereocenters. The fraction of sp³-hybridized carbons (Fsp3) is 0.111. The van der Waals surface area contributed by atoms with Crippen LogP contribution in [0.3, 0.4) is 0 Å². The molecule has 0 saturated carbocycles. The molecule has 1 aromatic rings. The van der Waals surface area contributed by atoms with Gasteiger partial charge in [-0.25, -0.2) is 0 Å². The van der Waals surface area contributed by atoms with Crippen LogP contribution in [0.5, 0.6) is 5.75 Å². The molecular weight excluding hydrogens is 168 g/mol. The predicted molar refractivity (Wildman–Crippen MR) is 50.2 cm³/mol. The first-order valence-electron chi connectivity index (χ1n) is 3.73. The average molecular weight is 178 g/mol. The van der Waals surface area contributed by atoms with E-state index in [9.17, 15) is 5.11 Å². The van der Waals surface area contributed by atoms with Crippen LogP contribution >= 0.6 is 0 Å². The number of para-hydroxylation sites is 1. The van der Waals surface area contributed by atoms with E-state index in [0.717, 1.165) is 0 Å². The molecule has 0 unspecified atom stereocenters. The van der Waals surface area contributed by atoms with Crippen LogP contribution in [0, 0.1) is 5.41 Å². The summed E-state index contributed by atoms with van der Waals surface area (Å²) >= 11 is 0. The van der Waals surface area contributed by atoms with E-state index in [1.807, 2.05) is 0 Å². The van der Waals surface area contributed by atoms with Gasteiger partial charge in [-0.15, -0.1) is 0 Å². The fourth-order valence-corrected chi connectivity index (χ4v) is 0.759. The molecule has 1 aromatic carbocycles. The van der Waals surface area contributed by atoms with E-state index in [1.165, 1.54) is 13.1 Å². The molecule has 0 heterocycles. The molecule has 0 aromatic heterocycles. The minimum Gasteiger partial charge on any atom is -0.507 e. The Bertz CT molecular complexity index is 334. The van der Waals surface area contributed by atoms with Crippen molar-refractivity contribution in [2.75, 3.05) is 0 Å². The Morgan fingerprint density at radius 2 is 2.23 bits per heavy atom. The zero-order valence-electron chi connectivity index (χ0n) is 7.19. The lowest BCUT2D eigenvalue weighted by atomic mass is 10.2. The van der Waals surface area contributed by atoms with Crippen molar-refractivity contribution >= 4 is 12.1 Å². The highest BCUT2D eigenvalue weighted by Crippen LogP contribution is 2.12. The van der Waals surface area contributed by atoms with Crippen LogP contribution in [0.4, 0.5) is 0 Å². The Kier molecular flexibility index (Phi) is 3.03. The molecule has 1 rings (SSSR count). The largest absolute Gasteiger partial charge is 0.507 e. The second kappa shape index (κ2) is 4.25. The second-order valence-electron chi connectivity index (χ2n) is 2.44. The summed E-state index contributed by atoms with van der Waals surface area (Å²) in [5.74, 6) is 0.143. The van der Waals surface area contributed by atoms with Crippen LogP contribution in [0.25, 0.3) is 0 Å². The molecule has 0 bridgehead atoms. The zero-order chi connectivity index (χ0) is 9.68. The van der Waals surface area contributed by atoms with Crippen LogP contribution in [0.15, 0.2) is 29.4 Å². The van der Waals surface area contributed by atoms with Gasteiger partial charge in [0.25, 0.3) is 0 Å². The third-order valence-electron chi connectivity index (χ3n) is 1.32. The summed E-state index contributed by atoms with van der Waals surface area (Å²) in [6.07, 6.45) is 1.35. The van der Waals surface area contributed by atoms with Crippen LogP contribution in [-0.4, -0.2) is 17.2 Å². The van der Waals surface area contributed by atoms with Crippen molar-refractivity contribution in [1.29, 1.82) is 5.41 Å². The van der Waals surface area contributed by atoms with Crippen molar-refractivity contribution in [3.8, 4) is 5.75 Å². The molecule has 0 aliphatic carbocycles. The SMILES string of the molecule is CC(=N)O/N=C/c1ccccc1O. The predicted octanol–water partition coefficient (Wildman–Crippen LogP) is 1.74. The number of nitrogens with zero attached hydrogens (tertiary/aromatic N) is 1. The number of hydrogen-bond acceptors (Lipinski definition) is 4. The van der Waals surface area contributed by atoms with Crippen LogP contribution in [0.2, 0.25) is 0 Å². The molecule has 0 radical (unpaired) electrons. The highest BCUT2D eigenvalue weighted by molar-refractivity contribution is 5.83. The number of nitrogens with one attached hydrogen (secondary N) is 1. The maximum absolute atomic E-state index is 9.28. The Hall–Kier alpha value is -1.84. The van der Waals surface area contributed by atoms with Crippen LogP contribution in [0.1, 0.15) is 12.5 Å². The van der Waals surface area contributed by atoms with E-state index >= 15 is 0 Å². The highest BCUT2D eigenvalue weighted by atomic mass is 16.6. The van der Waals surface area contributed by atoms with Gasteiger partial charge in [-0.3, -0.25) is 5.41 Å². The minimum absolute atomic E-state index is 0.00618. The molecule has 4 heteroatoms. The van der Waals surface area contributed by atoms with Crippen LogP contribution < -0.4 is 0 Å². The first-order chi connectivity index (χ1) is 6.20. The van der Waals surface area contributed by atoms with Crippen LogP contribution in [-0.2, 0) is 4.84 Å². The molecule has 13 heavy (non-hydrogen) atoms. The Labute approximate surface area is 76.0 Å². The van der Waals surface area contributed by atoms with Crippen molar-refractivity contribution in [2.45, 2.75) is 6.92 Å². The summed E-state index contributed by atoms with van der Waals surface area (Å²) in [6.45, 7) is 1.47. The fourth-order valence-electron chi connectivity index (χ4n) is 0.759. The van der Waals surface area contributed by atoms with Crippen molar-refractivity contribution in [3.63, 3.8) is 0 Å². The summed E-state index contributed by atoms with van der Waals surface area (Å²) in [4.78, 5) is 4.54. The Balaban J connectivity index is 2.68. The molecule has 0 aliphatic rings. The number of hydrogen-bond donors (Lipinski definition) is 2. The maximum atomic E-state index is 9.28. The molecular formula is C9H10N2O2. The van der Waals surface area contributed by atoms with Gasteiger partial charge in [0.15, 0.2) is 0 Å². The molecule has 4 nitrogen and oxygen atoms in total. The summed E-state index contributed by atoms with van der Waals surface area (Å²) in [5.41, 5.74) is 0.559. The molecule has 0 fully saturated rings. The van der Waals surface area contributed by atoms with Gasteiger partial charge in [-0.2, -0.15) is 0 Å². The van der Waals surface area contributed by atoms with Crippen molar-refractivity contribution in [3.05, 3.63) is 29.8 Å². The standard InChI is InChI=1S/C9H10N2O2/c1-7(10)13-11-6-8-4-2-3-5-9(8)12/h2-6,10,12H,1H3/b10-7?,11-6+. The maximum Gasteiger partial charge on any atom is 0.214 e. The normalized spacial score (nSPS) is 10.2. The highest BCUT2D eigenvalue weighted by Gasteiger charge is 1.94. The minimum atomic E-state index is 0.00618. The first kappa shape index (κ1) is 9.25. The summed E-state index contributed by atoms with van der Waals surface area (Å²) in [6, 6.07) is 6.74. The lowest BCUT2D eigenvalue weighted by Crippen LogP contribution is -1.90. The van der Waals surface area contributed by atoms with Gasteiger partial charge in [0, 0.05) is 12.5 Å². The van der Waals surface area contributed by atoms with E-state index in [4.69, 9.17) is 5.41 Å². The van der Waals surface area contributed by atoms with E-state index < -0.39 is 0 Å². The van der Waals surface area contributed by atoms with E-state index in [2.05, 4.69) is 9.99 Å². The smallest absolute Gasteiger partial charge is 0.214 e. The third kappa shape index (κ3) is 2.94. The zero-order valence-corrected chi connectivity index (χ0v) is 7.19. The van der Waals surface area contributed by atoms with E-state index in [0.29, 0.717) is 5.56 Å². The summed E-state index contributed by atoms with van der Waals surface area (Å²) in [5, 5.41) is 19.7. The number of phenols is 1. The lowest BCUT2D eigenvalue weighted by Gasteiger charge is -1.96. The summed E-state index contributed by atoms with van der Waals surface area (Å²) in [7, 11) is 0. The summed E-state index contributed by atoms with van der Waals surface area (Å²) < 4.78 is 0. The molecule has 0 aliphatic heterocycles. The Morgan fingerprint density at radius 3 is 2.85 bits per heavy atom. The van der Waals surface area contributed by atoms with Gasteiger partial charge in [-0.05, 0) is 12.1 Å². The number of phenolic OH excluding ortho intramolecular Hbond substituents is 1. The van der Waals surface area contributed by atoms with Crippen molar-refractivity contribution in [2.24, 2.45) is 5.16 Å². The lowest BCUT2D eigenvalue weighted by molar-refractivity contribution is 0.324. The number of rotatable bonds is 2.